The first-order valence-corrected chi connectivity index (χ1v) is 8.04. The Balaban J connectivity index is 2.06. The number of carboxylic acids is 1. The molecule has 0 saturated carbocycles. The largest absolute Gasteiger partial charge is 0.476 e. The van der Waals surface area contributed by atoms with Crippen LogP contribution in [0.2, 0.25) is 0 Å². The van der Waals surface area contributed by atoms with Crippen molar-refractivity contribution in [3.63, 3.8) is 0 Å². The van der Waals surface area contributed by atoms with Crippen LogP contribution in [-0.2, 0) is 4.79 Å². The van der Waals surface area contributed by atoms with Crippen LogP contribution in [0.3, 0.4) is 0 Å². The minimum absolute atomic E-state index is 0.0454. The Kier molecular flexibility index (Phi) is 5.54. The molecule has 0 radical (unpaired) electrons. The molecule has 1 aromatic carbocycles. The lowest BCUT2D eigenvalue weighted by Gasteiger charge is -2.07. The number of anilines is 1. The van der Waals surface area contributed by atoms with Crippen molar-refractivity contribution in [2.45, 2.75) is 12.8 Å². The van der Waals surface area contributed by atoms with Crippen molar-refractivity contribution in [2.75, 3.05) is 17.3 Å². The Morgan fingerprint density at radius 1 is 1.41 bits per heavy atom. The van der Waals surface area contributed by atoms with E-state index in [0.29, 0.717) is 17.8 Å². The number of carboxylic acid groups (broad SMARTS) is 1. The number of nitrogens with one attached hydrogen (secondary N) is 1. The van der Waals surface area contributed by atoms with E-state index in [1.807, 2.05) is 6.26 Å². The number of carbonyl (C=O) groups excluding carboxylic acids is 1. The fraction of sp³-hybridized carbons (Fsp3) is 0.286. The second-order valence-corrected chi connectivity index (χ2v) is 5.53. The third kappa shape index (κ3) is 4.32. The molecular weight excluding hydrogens is 304 g/mol. The molecule has 0 atom stereocenters. The van der Waals surface area contributed by atoms with E-state index in [9.17, 15) is 9.59 Å². The predicted octanol–water partition coefficient (Wildman–Crippen LogP) is 2.05. The van der Waals surface area contributed by atoms with Gasteiger partial charge in [-0.05, 0) is 36.6 Å². The van der Waals surface area contributed by atoms with Crippen LogP contribution in [0.5, 0.6) is 0 Å². The number of hydrogen-bond acceptors (Lipinski definition) is 5. The van der Waals surface area contributed by atoms with Crippen LogP contribution in [0.4, 0.5) is 5.69 Å². The molecule has 0 aliphatic heterocycles. The fourth-order valence-corrected chi connectivity index (χ4v) is 2.25. The summed E-state index contributed by atoms with van der Waals surface area (Å²) in [5.74, 6) is -0.231. The third-order valence-electron chi connectivity index (χ3n) is 2.86. The number of aromatic nitrogens is 3. The Hall–Kier alpha value is -2.35. The van der Waals surface area contributed by atoms with Crippen molar-refractivity contribution in [2.24, 2.45) is 0 Å². The highest BCUT2D eigenvalue weighted by Crippen LogP contribution is 2.15. The number of benzene rings is 1. The van der Waals surface area contributed by atoms with E-state index in [-0.39, 0.29) is 11.6 Å². The molecule has 2 rings (SSSR count). The van der Waals surface area contributed by atoms with Gasteiger partial charge >= 0.3 is 5.97 Å². The zero-order valence-corrected chi connectivity index (χ0v) is 12.8. The molecule has 116 valence electrons. The number of carbonyl (C=O) groups is 2. The van der Waals surface area contributed by atoms with E-state index in [1.54, 1.807) is 36.0 Å². The molecule has 2 aromatic rings. The van der Waals surface area contributed by atoms with Gasteiger partial charge < -0.3 is 10.4 Å². The quantitative estimate of drug-likeness (QED) is 0.758. The van der Waals surface area contributed by atoms with Gasteiger partial charge in [-0.1, -0.05) is 11.3 Å². The lowest BCUT2D eigenvalue weighted by Crippen LogP contribution is -2.11. The van der Waals surface area contributed by atoms with Gasteiger partial charge in [0.15, 0.2) is 5.69 Å². The number of rotatable bonds is 7. The van der Waals surface area contributed by atoms with Crippen LogP contribution in [0.15, 0.2) is 30.5 Å². The Labute approximate surface area is 131 Å². The van der Waals surface area contributed by atoms with E-state index in [2.05, 4.69) is 15.6 Å². The number of nitrogens with zero attached hydrogens (tertiary/aromatic N) is 3. The molecule has 0 fully saturated rings. The van der Waals surface area contributed by atoms with Crippen molar-refractivity contribution in [3.8, 4) is 5.69 Å². The van der Waals surface area contributed by atoms with Crippen LogP contribution in [-0.4, -0.2) is 44.0 Å². The summed E-state index contributed by atoms with van der Waals surface area (Å²) in [4.78, 5) is 22.6. The van der Waals surface area contributed by atoms with E-state index < -0.39 is 5.97 Å². The molecule has 1 heterocycles. The Morgan fingerprint density at radius 2 is 2.23 bits per heavy atom. The molecule has 0 spiro atoms. The second-order valence-electron chi connectivity index (χ2n) is 4.55. The van der Waals surface area contributed by atoms with Crippen molar-refractivity contribution in [1.82, 2.24) is 15.0 Å². The van der Waals surface area contributed by atoms with Crippen molar-refractivity contribution in [1.29, 1.82) is 0 Å². The van der Waals surface area contributed by atoms with Gasteiger partial charge in [-0.3, -0.25) is 4.79 Å². The summed E-state index contributed by atoms with van der Waals surface area (Å²) in [6, 6.07) is 7.00. The summed E-state index contributed by atoms with van der Waals surface area (Å²) in [7, 11) is 0. The SMILES string of the molecule is CSCCCC(=O)Nc1cccc(-n2cc(C(=O)O)nn2)c1. The molecule has 22 heavy (non-hydrogen) atoms. The van der Waals surface area contributed by atoms with Crippen LogP contribution in [0, 0.1) is 0 Å². The Bertz CT molecular complexity index is 672. The van der Waals surface area contributed by atoms with Gasteiger partial charge in [0.2, 0.25) is 5.91 Å². The van der Waals surface area contributed by atoms with E-state index in [1.165, 1.54) is 10.9 Å². The molecule has 2 N–H and O–H groups in total. The van der Waals surface area contributed by atoms with Gasteiger partial charge in [-0.25, -0.2) is 9.48 Å². The van der Waals surface area contributed by atoms with Crippen LogP contribution < -0.4 is 5.32 Å². The van der Waals surface area contributed by atoms with Gasteiger partial charge in [-0.15, -0.1) is 5.10 Å². The van der Waals surface area contributed by atoms with Gasteiger partial charge in [0.25, 0.3) is 0 Å². The topological polar surface area (TPSA) is 97.1 Å². The molecule has 0 unspecified atom stereocenters. The molecule has 0 aliphatic rings. The molecular formula is C14H16N4O3S. The third-order valence-corrected chi connectivity index (χ3v) is 3.56. The fourth-order valence-electron chi connectivity index (χ4n) is 1.81. The first kappa shape index (κ1) is 16.0. The summed E-state index contributed by atoms with van der Waals surface area (Å²) in [5.41, 5.74) is 1.13. The van der Waals surface area contributed by atoms with Crippen molar-refractivity contribution >= 4 is 29.3 Å². The lowest BCUT2D eigenvalue weighted by atomic mass is 10.2. The lowest BCUT2D eigenvalue weighted by molar-refractivity contribution is -0.116. The smallest absolute Gasteiger partial charge is 0.358 e. The Morgan fingerprint density at radius 3 is 2.91 bits per heavy atom. The summed E-state index contributed by atoms with van der Waals surface area (Å²) >= 11 is 1.71. The van der Waals surface area contributed by atoms with Gasteiger partial charge in [-0.2, -0.15) is 11.8 Å². The van der Waals surface area contributed by atoms with Crippen molar-refractivity contribution in [3.05, 3.63) is 36.2 Å². The molecule has 1 amide bonds. The monoisotopic (exact) mass is 320 g/mol. The number of amides is 1. The average Bonchev–Trinajstić information content (AvgIpc) is 2.98. The highest BCUT2D eigenvalue weighted by molar-refractivity contribution is 7.98. The first-order valence-electron chi connectivity index (χ1n) is 6.65. The molecule has 0 bridgehead atoms. The average molecular weight is 320 g/mol. The molecule has 1 aromatic heterocycles. The van der Waals surface area contributed by atoms with Crippen LogP contribution in [0.1, 0.15) is 23.3 Å². The normalized spacial score (nSPS) is 10.4. The predicted molar refractivity (Wildman–Crippen MR) is 84.6 cm³/mol. The summed E-state index contributed by atoms with van der Waals surface area (Å²) in [6.07, 6.45) is 4.63. The highest BCUT2D eigenvalue weighted by atomic mass is 32.2. The van der Waals surface area contributed by atoms with E-state index >= 15 is 0 Å². The first-order chi connectivity index (χ1) is 10.6. The number of thioether (sulfide) groups is 1. The molecule has 7 nitrogen and oxygen atoms in total. The minimum atomic E-state index is -1.13. The minimum Gasteiger partial charge on any atom is -0.476 e. The van der Waals surface area contributed by atoms with Gasteiger partial charge in [0.05, 0.1) is 11.9 Å². The molecule has 0 saturated heterocycles. The van der Waals surface area contributed by atoms with Gasteiger partial charge in [0, 0.05) is 12.1 Å². The second kappa shape index (κ2) is 7.60. The van der Waals surface area contributed by atoms with Crippen molar-refractivity contribution < 1.29 is 14.7 Å². The van der Waals surface area contributed by atoms with Gasteiger partial charge in [0.1, 0.15) is 0 Å². The molecule has 0 aliphatic carbocycles. The summed E-state index contributed by atoms with van der Waals surface area (Å²) in [5, 5.41) is 19.0. The maximum atomic E-state index is 11.8. The zero-order chi connectivity index (χ0) is 15.9. The maximum absolute atomic E-state index is 11.8. The highest BCUT2D eigenvalue weighted by Gasteiger charge is 2.10. The molecule has 8 heteroatoms. The summed E-state index contributed by atoms with van der Waals surface area (Å²) < 4.78 is 1.35. The van der Waals surface area contributed by atoms with E-state index in [4.69, 9.17) is 5.11 Å². The zero-order valence-electron chi connectivity index (χ0n) is 12.0. The maximum Gasteiger partial charge on any atom is 0.358 e. The standard InChI is InChI=1S/C14H16N4O3S/c1-22-7-3-6-13(19)15-10-4-2-5-11(8-10)18-9-12(14(20)21)16-17-18/h2,4-5,8-9H,3,6-7H2,1H3,(H,15,19)(H,20,21). The van der Waals surface area contributed by atoms with E-state index in [0.717, 1.165) is 12.2 Å². The number of aromatic carboxylic acids is 1. The van der Waals surface area contributed by atoms with Crippen LogP contribution in [0.25, 0.3) is 5.69 Å². The number of hydrogen-bond donors (Lipinski definition) is 2. The summed E-state index contributed by atoms with van der Waals surface area (Å²) in [6.45, 7) is 0. The van der Waals surface area contributed by atoms with Crippen LogP contribution >= 0.6 is 11.8 Å².